The van der Waals surface area contributed by atoms with Gasteiger partial charge in [-0.15, -0.1) is 12.4 Å². The van der Waals surface area contributed by atoms with Crippen LogP contribution in [0.5, 0.6) is 0 Å². The van der Waals surface area contributed by atoms with Gasteiger partial charge in [0.25, 0.3) is 0 Å². The summed E-state index contributed by atoms with van der Waals surface area (Å²) in [6.45, 7) is 3.62. The van der Waals surface area contributed by atoms with Gasteiger partial charge in [0.1, 0.15) is 0 Å². The molecule has 158 valence electrons. The van der Waals surface area contributed by atoms with Crippen molar-refractivity contribution in [3.05, 3.63) is 83.9 Å². The number of rotatable bonds is 7. The van der Waals surface area contributed by atoms with Gasteiger partial charge in [-0.05, 0) is 27.8 Å². The molecule has 0 aromatic heterocycles. The first-order chi connectivity index (χ1) is 14.0. The summed E-state index contributed by atoms with van der Waals surface area (Å²) in [6.07, 6.45) is 0. The van der Waals surface area contributed by atoms with Gasteiger partial charge in [-0.2, -0.15) is 0 Å². The van der Waals surface area contributed by atoms with E-state index in [-0.39, 0.29) is 42.7 Å². The molecule has 6 heteroatoms. The lowest BCUT2D eigenvalue weighted by Gasteiger charge is -2.22. The third-order valence-electron chi connectivity index (χ3n) is 5.02. The summed E-state index contributed by atoms with van der Waals surface area (Å²) in [5.41, 5.74) is 7.83. The maximum Gasteiger partial charge on any atom is 0.240 e. The summed E-state index contributed by atoms with van der Waals surface area (Å²) in [5.74, 6) is -0.585. The van der Waals surface area contributed by atoms with Crippen LogP contribution < -0.4 is 16.4 Å². The van der Waals surface area contributed by atoms with E-state index in [1.807, 2.05) is 68.4 Å². The summed E-state index contributed by atoms with van der Waals surface area (Å²) in [6, 6.07) is 23.0. The van der Waals surface area contributed by atoms with Crippen LogP contribution in [0.25, 0.3) is 10.8 Å². The van der Waals surface area contributed by atoms with E-state index in [0.29, 0.717) is 0 Å². The standard InChI is InChI=1S/C24H27N3O2.ClH/c1-16(2)22(25)24(29)26-15-21(28)27-23(18-10-4-3-5-11-18)20-14-8-12-17-9-6-7-13-19(17)20;/h3-14,16,22-23H,15,25H2,1-2H3,(H,26,29)(H,27,28);1H/t22-,23?;/m0./s1. The van der Waals surface area contributed by atoms with Gasteiger partial charge in [0, 0.05) is 0 Å². The molecule has 3 rings (SSSR count). The quantitative estimate of drug-likeness (QED) is 0.541. The number of hydrogen-bond acceptors (Lipinski definition) is 3. The van der Waals surface area contributed by atoms with Crippen LogP contribution in [0, 0.1) is 5.92 Å². The van der Waals surface area contributed by atoms with Crippen molar-refractivity contribution in [3.8, 4) is 0 Å². The van der Waals surface area contributed by atoms with Crippen molar-refractivity contribution in [1.29, 1.82) is 0 Å². The lowest BCUT2D eigenvalue weighted by molar-refractivity contribution is -0.127. The smallest absolute Gasteiger partial charge is 0.240 e. The molecule has 0 aliphatic carbocycles. The fourth-order valence-electron chi connectivity index (χ4n) is 3.29. The highest BCUT2D eigenvalue weighted by molar-refractivity contribution is 5.89. The van der Waals surface area contributed by atoms with Crippen molar-refractivity contribution in [2.45, 2.75) is 25.9 Å². The van der Waals surface area contributed by atoms with Gasteiger partial charge >= 0.3 is 0 Å². The van der Waals surface area contributed by atoms with Gasteiger partial charge in [-0.25, -0.2) is 0 Å². The van der Waals surface area contributed by atoms with Gasteiger partial charge < -0.3 is 16.4 Å². The molecule has 0 saturated heterocycles. The Morgan fingerprint density at radius 2 is 1.53 bits per heavy atom. The predicted octanol–water partition coefficient (Wildman–Crippen LogP) is 3.57. The van der Waals surface area contributed by atoms with Crippen molar-refractivity contribution in [2.75, 3.05) is 6.54 Å². The van der Waals surface area contributed by atoms with E-state index in [2.05, 4.69) is 28.8 Å². The summed E-state index contributed by atoms with van der Waals surface area (Å²) in [7, 11) is 0. The summed E-state index contributed by atoms with van der Waals surface area (Å²) >= 11 is 0. The van der Waals surface area contributed by atoms with Crippen LogP contribution in [0.2, 0.25) is 0 Å². The van der Waals surface area contributed by atoms with Gasteiger partial charge in [0.15, 0.2) is 0 Å². The fraction of sp³-hybridized carbons (Fsp3) is 0.250. The Balaban J connectivity index is 0.00000320. The second-order valence-electron chi connectivity index (χ2n) is 7.47. The largest absolute Gasteiger partial charge is 0.346 e. The number of nitrogens with two attached hydrogens (primary N) is 1. The first-order valence-electron chi connectivity index (χ1n) is 9.82. The number of hydrogen-bond donors (Lipinski definition) is 3. The van der Waals surface area contributed by atoms with E-state index in [0.717, 1.165) is 21.9 Å². The molecule has 0 heterocycles. The number of fused-ring (bicyclic) bond motifs is 1. The van der Waals surface area contributed by atoms with Crippen molar-refractivity contribution in [2.24, 2.45) is 11.7 Å². The topological polar surface area (TPSA) is 84.2 Å². The molecule has 5 nitrogen and oxygen atoms in total. The average molecular weight is 426 g/mol. The summed E-state index contributed by atoms with van der Waals surface area (Å²) in [4.78, 5) is 24.7. The molecule has 1 unspecified atom stereocenters. The highest BCUT2D eigenvalue weighted by Gasteiger charge is 2.21. The van der Waals surface area contributed by atoms with Crippen LogP contribution in [0.3, 0.4) is 0 Å². The van der Waals surface area contributed by atoms with E-state index in [1.54, 1.807) is 0 Å². The molecular formula is C24H28ClN3O2. The molecule has 0 aliphatic heterocycles. The normalized spacial score (nSPS) is 12.7. The Morgan fingerprint density at radius 3 is 2.23 bits per heavy atom. The van der Waals surface area contributed by atoms with Crippen molar-refractivity contribution in [1.82, 2.24) is 10.6 Å². The molecule has 4 N–H and O–H groups in total. The molecular weight excluding hydrogens is 398 g/mol. The summed E-state index contributed by atoms with van der Waals surface area (Å²) in [5, 5.41) is 7.89. The van der Waals surface area contributed by atoms with Crippen LogP contribution in [0.4, 0.5) is 0 Å². The van der Waals surface area contributed by atoms with Gasteiger partial charge in [-0.3, -0.25) is 9.59 Å². The monoisotopic (exact) mass is 425 g/mol. The number of nitrogens with one attached hydrogen (secondary N) is 2. The molecule has 3 aromatic carbocycles. The Hall–Kier alpha value is -2.89. The Kier molecular flexibility index (Phi) is 8.39. The minimum absolute atomic E-state index is 0. The van der Waals surface area contributed by atoms with E-state index < -0.39 is 6.04 Å². The van der Waals surface area contributed by atoms with E-state index >= 15 is 0 Å². The van der Waals surface area contributed by atoms with E-state index in [9.17, 15) is 9.59 Å². The van der Waals surface area contributed by atoms with Crippen molar-refractivity contribution < 1.29 is 9.59 Å². The zero-order valence-electron chi connectivity index (χ0n) is 17.2. The van der Waals surface area contributed by atoms with Crippen molar-refractivity contribution in [3.63, 3.8) is 0 Å². The maximum atomic E-state index is 12.7. The zero-order chi connectivity index (χ0) is 20.8. The Labute approximate surface area is 183 Å². The minimum atomic E-state index is -0.634. The SMILES string of the molecule is CC(C)[C@H](N)C(=O)NCC(=O)NC(c1ccccc1)c1cccc2ccccc12.Cl. The van der Waals surface area contributed by atoms with Crippen LogP contribution >= 0.6 is 12.4 Å². The first kappa shape index (κ1) is 23.4. The number of carbonyl (C=O) groups excluding carboxylic acids is 2. The highest BCUT2D eigenvalue weighted by atomic mass is 35.5. The van der Waals surface area contributed by atoms with Crippen LogP contribution in [-0.2, 0) is 9.59 Å². The number of halogens is 1. The van der Waals surface area contributed by atoms with Gasteiger partial charge in [0.05, 0.1) is 18.6 Å². The zero-order valence-corrected chi connectivity index (χ0v) is 18.0. The molecule has 0 radical (unpaired) electrons. The molecule has 30 heavy (non-hydrogen) atoms. The number of carbonyl (C=O) groups is 2. The Bertz CT molecular complexity index is 987. The molecule has 2 amide bonds. The van der Waals surface area contributed by atoms with E-state index in [1.165, 1.54) is 0 Å². The Morgan fingerprint density at radius 1 is 0.900 bits per heavy atom. The van der Waals surface area contributed by atoms with Gasteiger partial charge in [-0.1, -0.05) is 86.6 Å². The first-order valence-corrected chi connectivity index (χ1v) is 9.82. The molecule has 0 fully saturated rings. The fourth-order valence-corrected chi connectivity index (χ4v) is 3.29. The lowest BCUT2D eigenvalue weighted by Crippen LogP contribution is -2.47. The predicted molar refractivity (Wildman–Crippen MR) is 123 cm³/mol. The maximum absolute atomic E-state index is 12.7. The molecule has 0 aliphatic rings. The minimum Gasteiger partial charge on any atom is -0.346 e. The molecule has 2 atom stereocenters. The molecule has 0 spiro atoms. The van der Waals surface area contributed by atoms with Crippen molar-refractivity contribution >= 4 is 35.0 Å². The third-order valence-corrected chi connectivity index (χ3v) is 5.02. The molecule has 3 aromatic rings. The number of amides is 2. The highest BCUT2D eigenvalue weighted by Crippen LogP contribution is 2.29. The summed E-state index contributed by atoms with van der Waals surface area (Å²) < 4.78 is 0. The second-order valence-corrected chi connectivity index (χ2v) is 7.47. The van der Waals surface area contributed by atoms with Crippen LogP contribution in [0.15, 0.2) is 72.8 Å². The van der Waals surface area contributed by atoms with Crippen LogP contribution in [-0.4, -0.2) is 24.4 Å². The molecule has 0 bridgehead atoms. The lowest BCUT2D eigenvalue weighted by atomic mass is 9.93. The molecule has 0 saturated carbocycles. The number of benzene rings is 3. The van der Waals surface area contributed by atoms with Crippen LogP contribution in [0.1, 0.15) is 31.0 Å². The van der Waals surface area contributed by atoms with E-state index in [4.69, 9.17) is 5.73 Å². The second kappa shape index (κ2) is 10.8. The third kappa shape index (κ3) is 5.59. The van der Waals surface area contributed by atoms with Gasteiger partial charge in [0.2, 0.25) is 11.8 Å². The average Bonchev–Trinajstić information content (AvgIpc) is 2.75.